The van der Waals surface area contributed by atoms with Gasteiger partial charge in [-0.3, -0.25) is 9.36 Å². The average Bonchev–Trinajstić information content (AvgIpc) is 2.97. The minimum atomic E-state index is -0.528. The lowest BCUT2D eigenvalue weighted by Gasteiger charge is -2.32. The fourth-order valence-corrected chi connectivity index (χ4v) is 3.93. The molecule has 1 aliphatic heterocycles. The van der Waals surface area contributed by atoms with Crippen LogP contribution in [-0.2, 0) is 0 Å². The molecule has 2 aromatic carbocycles. The number of nitrogens with one attached hydrogen (secondary N) is 1. The lowest BCUT2D eigenvalue weighted by molar-refractivity contribution is 0.0690. The Morgan fingerprint density at radius 1 is 1.15 bits per heavy atom. The highest BCUT2D eigenvalue weighted by molar-refractivity contribution is 9.10. The van der Waals surface area contributed by atoms with Gasteiger partial charge in [0.2, 0.25) is 0 Å². The van der Waals surface area contributed by atoms with Gasteiger partial charge in [-0.05, 0) is 43.2 Å². The van der Waals surface area contributed by atoms with Crippen LogP contribution in [0.15, 0.2) is 51.7 Å². The number of rotatable bonds is 2. The van der Waals surface area contributed by atoms with Crippen LogP contribution in [0.25, 0.3) is 11.0 Å². The number of aromatic amines is 1. The predicted octanol–water partition coefficient (Wildman–Crippen LogP) is 3.71. The number of carbonyl (C=O) groups is 1. The summed E-state index contributed by atoms with van der Waals surface area (Å²) in [6.45, 7) is 0.982. The lowest BCUT2D eigenvalue weighted by Crippen LogP contribution is -2.40. The fraction of sp³-hybridized carbons (Fsp3) is 0.263. The number of H-pyrrole nitrogens is 1. The van der Waals surface area contributed by atoms with Gasteiger partial charge in [0.05, 0.1) is 16.6 Å². The van der Waals surface area contributed by atoms with Gasteiger partial charge in [-0.1, -0.05) is 28.1 Å². The van der Waals surface area contributed by atoms with Crippen molar-refractivity contribution in [2.45, 2.75) is 18.9 Å². The van der Waals surface area contributed by atoms with Crippen LogP contribution >= 0.6 is 15.9 Å². The molecule has 0 bridgehead atoms. The zero-order valence-electron chi connectivity index (χ0n) is 13.9. The van der Waals surface area contributed by atoms with Crippen molar-refractivity contribution < 1.29 is 9.18 Å². The summed E-state index contributed by atoms with van der Waals surface area (Å²) in [5.74, 6) is -0.834. The second-order valence-electron chi connectivity index (χ2n) is 6.46. The van der Waals surface area contributed by atoms with Gasteiger partial charge >= 0.3 is 5.69 Å². The molecule has 1 aliphatic rings. The number of benzene rings is 2. The van der Waals surface area contributed by atoms with Gasteiger partial charge < -0.3 is 9.88 Å². The van der Waals surface area contributed by atoms with Crippen LogP contribution in [0.3, 0.4) is 0 Å². The number of amides is 1. The standard InChI is InChI=1S/C19H17BrFN3O2/c20-12-5-6-14(15(21)11-12)18(25)23-9-7-13(8-10-23)24-17-4-2-1-3-16(17)22-19(24)26/h1-6,11,13H,7-10H2,(H,22,26). The van der Waals surface area contributed by atoms with Crippen molar-refractivity contribution in [2.24, 2.45) is 0 Å². The summed E-state index contributed by atoms with van der Waals surface area (Å²) in [5.41, 5.74) is 1.64. The number of likely N-dealkylation sites (tertiary alicyclic amines) is 1. The van der Waals surface area contributed by atoms with Crippen molar-refractivity contribution in [3.8, 4) is 0 Å². The van der Waals surface area contributed by atoms with E-state index < -0.39 is 5.82 Å². The Bertz CT molecular complexity index is 1030. The third-order valence-electron chi connectivity index (χ3n) is 4.90. The molecule has 1 amide bonds. The van der Waals surface area contributed by atoms with Crippen molar-refractivity contribution in [1.29, 1.82) is 0 Å². The number of nitrogens with zero attached hydrogens (tertiary/aromatic N) is 2. The van der Waals surface area contributed by atoms with E-state index in [0.717, 1.165) is 11.0 Å². The molecule has 1 fully saturated rings. The number of carbonyl (C=O) groups excluding carboxylic acids is 1. The Hall–Kier alpha value is -2.41. The summed E-state index contributed by atoms with van der Waals surface area (Å²) >= 11 is 3.20. The number of hydrogen-bond acceptors (Lipinski definition) is 2. The van der Waals surface area contributed by atoms with E-state index in [1.54, 1.807) is 15.5 Å². The molecule has 0 spiro atoms. The summed E-state index contributed by atoms with van der Waals surface area (Å²) in [6.07, 6.45) is 1.32. The molecule has 134 valence electrons. The van der Waals surface area contributed by atoms with E-state index in [1.807, 2.05) is 24.3 Å². The van der Waals surface area contributed by atoms with E-state index in [-0.39, 0.29) is 23.2 Å². The molecular weight excluding hydrogens is 401 g/mol. The zero-order valence-corrected chi connectivity index (χ0v) is 15.5. The summed E-state index contributed by atoms with van der Waals surface area (Å²) in [5, 5.41) is 0. The van der Waals surface area contributed by atoms with Gasteiger partial charge in [-0.15, -0.1) is 0 Å². The molecule has 2 heterocycles. The Labute approximate surface area is 157 Å². The molecular formula is C19H17BrFN3O2. The lowest BCUT2D eigenvalue weighted by atomic mass is 10.0. The minimum absolute atomic E-state index is 0.0254. The van der Waals surface area contributed by atoms with Crippen LogP contribution in [0.4, 0.5) is 4.39 Å². The molecule has 26 heavy (non-hydrogen) atoms. The first-order valence-electron chi connectivity index (χ1n) is 8.48. The summed E-state index contributed by atoms with van der Waals surface area (Å²) < 4.78 is 16.4. The smallest absolute Gasteiger partial charge is 0.326 e. The van der Waals surface area contributed by atoms with Crippen molar-refractivity contribution in [3.63, 3.8) is 0 Å². The monoisotopic (exact) mass is 417 g/mol. The maximum Gasteiger partial charge on any atom is 0.326 e. The number of para-hydroxylation sites is 2. The number of halogens is 2. The minimum Gasteiger partial charge on any atom is -0.338 e. The van der Waals surface area contributed by atoms with E-state index in [4.69, 9.17) is 0 Å². The van der Waals surface area contributed by atoms with Crippen LogP contribution in [0.1, 0.15) is 29.2 Å². The zero-order chi connectivity index (χ0) is 18.3. The van der Waals surface area contributed by atoms with Gasteiger partial charge in [0.15, 0.2) is 0 Å². The molecule has 0 radical (unpaired) electrons. The molecule has 0 atom stereocenters. The van der Waals surface area contributed by atoms with E-state index in [9.17, 15) is 14.0 Å². The molecule has 0 unspecified atom stereocenters. The quantitative estimate of drug-likeness (QED) is 0.690. The molecule has 1 aromatic heterocycles. The summed E-state index contributed by atoms with van der Waals surface area (Å²) in [7, 11) is 0. The van der Waals surface area contributed by atoms with Gasteiger partial charge in [-0.2, -0.15) is 0 Å². The molecule has 0 aliphatic carbocycles. The summed E-state index contributed by atoms with van der Waals surface area (Å²) in [4.78, 5) is 29.4. The van der Waals surface area contributed by atoms with Gasteiger partial charge in [0.1, 0.15) is 5.82 Å². The van der Waals surface area contributed by atoms with E-state index in [2.05, 4.69) is 20.9 Å². The number of imidazole rings is 1. The molecule has 3 aromatic rings. The number of piperidine rings is 1. The van der Waals surface area contributed by atoms with Gasteiger partial charge in [-0.25, -0.2) is 9.18 Å². The molecule has 1 N–H and O–H groups in total. The Kier molecular flexibility index (Phi) is 4.40. The maximum atomic E-state index is 14.1. The highest BCUT2D eigenvalue weighted by atomic mass is 79.9. The molecule has 1 saturated heterocycles. The van der Waals surface area contributed by atoms with Gasteiger partial charge in [0, 0.05) is 23.6 Å². The van der Waals surface area contributed by atoms with E-state index in [0.29, 0.717) is 30.4 Å². The highest BCUT2D eigenvalue weighted by Crippen LogP contribution is 2.26. The number of hydrogen-bond donors (Lipinski definition) is 1. The van der Waals surface area contributed by atoms with Crippen molar-refractivity contribution in [1.82, 2.24) is 14.5 Å². The summed E-state index contributed by atoms with van der Waals surface area (Å²) in [6, 6.07) is 12.1. The van der Waals surface area contributed by atoms with Crippen LogP contribution in [0.5, 0.6) is 0 Å². The topological polar surface area (TPSA) is 58.1 Å². The molecule has 5 nitrogen and oxygen atoms in total. The normalized spacial score (nSPS) is 15.5. The third-order valence-corrected chi connectivity index (χ3v) is 5.40. The largest absolute Gasteiger partial charge is 0.338 e. The number of aromatic nitrogens is 2. The van der Waals surface area contributed by atoms with Crippen LogP contribution in [0.2, 0.25) is 0 Å². The predicted molar refractivity (Wildman–Crippen MR) is 101 cm³/mol. The molecule has 0 saturated carbocycles. The van der Waals surface area contributed by atoms with Crippen molar-refractivity contribution >= 4 is 32.9 Å². The van der Waals surface area contributed by atoms with Gasteiger partial charge in [0.25, 0.3) is 5.91 Å². The second kappa shape index (κ2) is 6.72. The Morgan fingerprint density at radius 3 is 2.62 bits per heavy atom. The first kappa shape index (κ1) is 17.0. The maximum absolute atomic E-state index is 14.1. The van der Waals surface area contributed by atoms with E-state index in [1.165, 1.54) is 12.1 Å². The molecule has 4 rings (SSSR count). The van der Waals surface area contributed by atoms with Crippen molar-refractivity contribution in [3.05, 3.63) is 68.8 Å². The van der Waals surface area contributed by atoms with Crippen LogP contribution < -0.4 is 5.69 Å². The Balaban J connectivity index is 1.53. The van der Waals surface area contributed by atoms with Crippen LogP contribution in [-0.4, -0.2) is 33.4 Å². The molecule has 7 heteroatoms. The highest BCUT2D eigenvalue weighted by Gasteiger charge is 2.27. The fourth-order valence-electron chi connectivity index (χ4n) is 3.60. The average molecular weight is 418 g/mol. The second-order valence-corrected chi connectivity index (χ2v) is 7.38. The SMILES string of the molecule is O=C(c1ccc(Br)cc1F)N1CCC(n2c(=O)[nH]c3ccccc32)CC1. The Morgan fingerprint density at radius 2 is 1.88 bits per heavy atom. The first-order valence-corrected chi connectivity index (χ1v) is 9.27. The van der Waals surface area contributed by atoms with Crippen LogP contribution in [0, 0.1) is 5.82 Å². The third kappa shape index (κ3) is 2.96. The van der Waals surface area contributed by atoms with Crippen molar-refractivity contribution in [2.75, 3.05) is 13.1 Å². The number of fused-ring (bicyclic) bond motifs is 1. The van der Waals surface area contributed by atoms with E-state index >= 15 is 0 Å². The first-order chi connectivity index (χ1) is 12.5.